The number of nitrogens with one attached hydrogen (secondary N) is 2. The van der Waals surface area contributed by atoms with Crippen molar-refractivity contribution >= 4 is 11.8 Å². The van der Waals surface area contributed by atoms with Crippen molar-refractivity contribution < 1.29 is 9.59 Å². The van der Waals surface area contributed by atoms with Crippen LogP contribution in [0.2, 0.25) is 0 Å². The SMILES string of the molecule is CC1CC(NC(=O)C2(c3cccnc3)CC2)CCN1C(=O)c1ccc[nH]1. The number of amides is 2. The highest BCUT2D eigenvalue weighted by molar-refractivity contribution is 5.93. The van der Waals surface area contributed by atoms with E-state index < -0.39 is 5.41 Å². The molecule has 1 saturated heterocycles. The van der Waals surface area contributed by atoms with E-state index in [9.17, 15) is 9.59 Å². The highest BCUT2D eigenvalue weighted by Crippen LogP contribution is 2.48. The first kappa shape index (κ1) is 16.8. The van der Waals surface area contributed by atoms with Crippen molar-refractivity contribution in [1.29, 1.82) is 0 Å². The molecule has 1 aliphatic carbocycles. The van der Waals surface area contributed by atoms with Crippen LogP contribution in [0.1, 0.15) is 48.7 Å². The maximum absolute atomic E-state index is 12.9. The third-order valence-electron chi connectivity index (χ3n) is 5.70. The van der Waals surface area contributed by atoms with Crippen molar-refractivity contribution in [2.24, 2.45) is 0 Å². The Morgan fingerprint density at radius 1 is 1.31 bits per heavy atom. The molecule has 2 fully saturated rings. The van der Waals surface area contributed by atoms with E-state index in [4.69, 9.17) is 0 Å². The zero-order valence-electron chi connectivity index (χ0n) is 14.9. The van der Waals surface area contributed by atoms with E-state index in [0.29, 0.717) is 12.2 Å². The fourth-order valence-corrected chi connectivity index (χ4v) is 3.96. The Morgan fingerprint density at radius 3 is 2.77 bits per heavy atom. The number of carbonyl (C=O) groups excluding carboxylic acids is 2. The van der Waals surface area contributed by atoms with Crippen molar-refractivity contribution in [3.8, 4) is 0 Å². The zero-order chi connectivity index (χ0) is 18.1. The number of aromatic nitrogens is 2. The van der Waals surface area contributed by atoms with Gasteiger partial charge in [0, 0.05) is 37.2 Å². The zero-order valence-corrected chi connectivity index (χ0v) is 14.9. The maximum atomic E-state index is 12.9. The topological polar surface area (TPSA) is 78.1 Å². The predicted octanol–water partition coefficient (Wildman–Crippen LogP) is 2.25. The van der Waals surface area contributed by atoms with Gasteiger partial charge in [-0.25, -0.2) is 0 Å². The van der Waals surface area contributed by atoms with Gasteiger partial charge >= 0.3 is 0 Å². The summed E-state index contributed by atoms with van der Waals surface area (Å²) in [4.78, 5) is 34.5. The fourth-order valence-electron chi connectivity index (χ4n) is 3.96. The Kier molecular flexibility index (Phi) is 4.26. The number of hydrogen-bond donors (Lipinski definition) is 2. The van der Waals surface area contributed by atoms with E-state index >= 15 is 0 Å². The first-order valence-electron chi connectivity index (χ1n) is 9.26. The number of pyridine rings is 1. The smallest absolute Gasteiger partial charge is 0.270 e. The molecule has 1 aliphatic heterocycles. The Morgan fingerprint density at radius 2 is 2.15 bits per heavy atom. The number of H-pyrrole nitrogens is 1. The number of rotatable bonds is 4. The average molecular weight is 352 g/mol. The van der Waals surface area contributed by atoms with Crippen LogP contribution in [0.5, 0.6) is 0 Å². The number of piperidine rings is 1. The first-order valence-corrected chi connectivity index (χ1v) is 9.26. The highest BCUT2D eigenvalue weighted by Gasteiger charge is 2.52. The summed E-state index contributed by atoms with van der Waals surface area (Å²) >= 11 is 0. The van der Waals surface area contributed by atoms with Gasteiger partial charge in [0.05, 0.1) is 5.41 Å². The average Bonchev–Trinajstić information content (AvgIpc) is 3.29. The summed E-state index contributed by atoms with van der Waals surface area (Å²) < 4.78 is 0. The molecule has 0 radical (unpaired) electrons. The minimum Gasteiger partial charge on any atom is -0.357 e. The van der Waals surface area contributed by atoms with Gasteiger partial charge in [-0.05, 0) is 56.4 Å². The molecule has 1 saturated carbocycles. The number of hydrogen-bond acceptors (Lipinski definition) is 3. The summed E-state index contributed by atoms with van der Waals surface area (Å²) in [5, 5.41) is 3.23. The van der Waals surface area contributed by atoms with Crippen LogP contribution in [0, 0.1) is 0 Å². The van der Waals surface area contributed by atoms with Gasteiger partial charge < -0.3 is 15.2 Å². The van der Waals surface area contributed by atoms with E-state index in [1.165, 1.54) is 0 Å². The van der Waals surface area contributed by atoms with Crippen LogP contribution in [0.15, 0.2) is 42.9 Å². The third-order valence-corrected chi connectivity index (χ3v) is 5.70. The second kappa shape index (κ2) is 6.59. The summed E-state index contributed by atoms with van der Waals surface area (Å²) in [6.45, 7) is 2.71. The van der Waals surface area contributed by atoms with Gasteiger partial charge in [0.1, 0.15) is 5.69 Å². The molecule has 26 heavy (non-hydrogen) atoms. The molecule has 2 amide bonds. The summed E-state index contributed by atoms with van der Waals surface area (Å²) in [5.41, 5.74) is 1.23. The van der Waals surface area contributed by atoms with Gasteiger partial charge in [-0.3, -0.25) is 14.6 Å². The molecule has 3 heterocycles. The summed E-state index contributed by atoms with van der Waals surface area (Å²) in [5.74, 6) is 0.133. The lowest BCUT2D eigenvalue weighted by Gasteiger charge is -2.38. The Balaban J connectivity index is 1.38. The van der Waals surface area contributed by atoms with Crippen molar-refractivity contribution in [3.05, 3.63) is 54.1 Å². The minimum absolute atomic E-state index is 0.0290. The quantitative estimate of drug-likeness (QED) is 0.886. The normalized spacial score (nSPS) is 24.1. The number of carbonyl (C=O) groups is 2. The van der Waals surface area contributed by atoms with Crippen LogP contribution < -0.4 is 5.32 Å². The van der Waals surface area contributed by atoms with Crippen LogP contribution in [-0.2, 0) is 10.2 Å². The van der Waals surface area contributed by atoms with Crippen molar-refractivity contribution in [2.45, 2.75) is 50.1 Å². The lowest BCUT2D eigenvalue weighted by molar-refractivity contribution is -0.124. The Labute approximate surface area is 153 Å². The van der Waals surface area contributed by atoms with Crippen molar-refractivity contribution in [2.75, 3.05) is 6.54 Å². The van der Waals surface area contributed by atoms with Crippen LogP contribution in [0.25, 0.3) is 0 Å². The van der Waals surface area contributed by atoms with E-state index in [2.05, 4.69) is 15.3 Å². The molecule has 2 unspecified atom stereocenters. The lowest BCUT2D eigenvalue weighted by Crippen LogP contribution is -2.52. The largest absolute Gasteiger partial charge is 0.357 e. The molecular weight excluding hydrogens is 328 g/mol. The van der Waals surface area contributed by atoms with E-state index in [0.717, 1.165) is 31.2 Å². The molecule has 2 N–H and O–H groups in total. The van der Waals surface area contributed by atoms with Crippen molar-refractivity contribution in [1.82, 2.24) is 20.2 Å². The molecule has 0 bridgehead atoms. The minimum atomic E-state index is -0.394. The molecular formula is C20H24N4O2. The highest BCUT2D eigenvalue weighted by atomic mass is 16.2. The van der Waals surface area contributed by atoms with Crippen LogP contribution in [-0.4, -0.2) is 45.3 Å². The third kappa shape index (κ3) is 3.00. The molecule has 4 rings (SSSR count). The van der Waals surface area contributed by atoms with E-state index in [-0.39, 0.29) is 23.9 Å². The summed E-state index contributed by atoms with van der Waals surface area (Å²) in [6.07, 6.45) is 8.61. The monoisotopic (exact) mass is 352 g/mol. The maximum Gasteiger partial charge on any atom is 0.270 e. The van der Waals surface area contributed by atoms with Crippen LogP contribution in [0.3, 0.4) is 0 Å². The number of likely N-dealkylation sites (tertiary alicyclic amines) is 1. The van der Waals surface area contributed by atoms with Crippen LogP contribution >= 0.6 is 0 Å². The summed E-state index contributed by atoms with van der Waals surface area (Å²) in [6, 6.07) is 7.71. The van der Waals surface area contributed by atoms with Crippen molar-refractivity contribution in [3.63, 3.8) is 0 Å². The van der Waals surface area contributed by atoms with Gasteiger partial charge in [-0.15, -0.1) is 0 Å². The van der Waals surface area contributed by atoms with Gasteiger partial charge in [-0.1, -0.05) is 6.07 Å². The first-order chi connectivity index (χ1) is 12.6. The molecule has 6 heteroatoms. The fraction of sp³-hybridized carbons (Fsp3) is 0.450. The van der Waals surface area contributed by atoms with Gasteiger partial charge in [0.25, 0.3) is 5.91 Å². The number of nitrogens with zero attached hydrogens (tertiary/aromatic N) is 2. The summed E-state index contributed by atoms with van der Waals surface area (Å²) in [7, 11) is 0. The van der Waals surface area contributed by atoms with E-state index in [1.54, 1.807) is 24.7 Å². The van der Waals surface area contributed by atoms with E-state index in [1.807, 2.05) is 30.0 Å². The Bertz CT molecular complexity index is 783. The number of aromatic amines is 1. The lowest BCUT2D eigenvalue weighted by atomic mass is 9.93. The van der Waals surface area contributed by atoms with Gasteiger partial charge in [0.15, 0.2) is 0 Å². The molecule has 2 atom stereocenters. The predicted molar refractivity (Wildman–Crippen MR) is 97.6 cm³/mol. The second-order valence-corrected chi connectivity index (χ2v) is 7.45. The molecule has 6 nitrogen and oxygen atoms in total. The van der Waals surface area contributed by atoms with Crippen LogP contribution in [0.4, 0.5) is 0 Å². The molecule has 0 spiro atoms. The second-order valence-electron chi connectivity index (χ2n) is 7.45. The molecule has 2 aromatic rings. The molecule has 0 aromatic carbocycles. The molecule has 2 aliphatic rings. The molecule has 2 aromatic heterocycles. The Hall–Kier alpha value is -2.63. The molecule has 136 valence electrons. The van der Waals surface area contributed by atoms with Gasteiger partial charge in [0.2, 0.25) is 5.91 Å². The van der Waals surface area contributed by atoms with Gasteiger partial charge in [-0.2, -0.15) is 0 Å². The standard InChI is InChI=1S/C20H24N4O2/c1-14-12-16(6-11-24(14)18(25)17-5-3-10-22-17)23-19(26)20(7-8-20)15-4-2-9-21-13-15/h2-5,9-10,13-14,16,22H,6-8,11-12H2,1H3,(H,23,26).